The molecular weight excluding hydrogens is 310 g/mol. The predicted molar refractivity (Wildman–Crippen MR) is 90.3 cm³/mol. The highest BCUT2D eigenvalue weighted by Crippen LogP contribution is 2.13. The summed E-state index contributed by atoms with van der Waals surface area (Å²) in [5.74, 6) is 0.325. The van der Waals surface area contributed by atoms with E-state index in [0.717, 1.165) is 12.0 Å². The number of carbonyl (C=O) groups is 2. The van der Waals surface area contributed by atoms with Crippen LogP contribution in [0.1, 0.15) is 16.9 Å². The molecule has 0 spiro atoms. The van der Waals surface area contributed by atoms with Gasteiger partial charge in [0.2, 0.25) is 11.8 Å². The zero-order chi connectivity index (χ0) is 16.1. The van der Waals surface area contributed by atoms with E-state index in [1.807, 2.05) is 39.7 Å². The van der Waals surface area contributed by atoms with E-state index in [4.69, 9.17) is 0 Å². The Hall–Kier alpha value is -2.08. The molecule has 0 atom stereocenters. The zero-order valence-corrected chi connectivity index (χ0v) is 13.8. The van der Waals surface area contributed by atoms with Crippen molar-refractivity contribution in [2.75, 3.05) is 26.2 Å². The first-order valence-corrected chi connectivity index (χ1v) is 8.80. The van der Waals surface area contributed by atoms with Crippen molar-refractivity contribution < 1.29 is 9.59 Å². The van der Waals surface area contributed by atoms with E-state index in [9.17, 15) is 9.59 Å². The highest BCUT2D eigenvalue weighted by atomic mass is 32.1. The van der Waals surface area contributed by atoms with Gasteiger partial charge < -0.3 is 14.8 Å². The number of piperazine rings is 1. The van der Waals surface area contributed by atoms with Crippen molar-refractivity contribution in [3.63, 3.8) is 0 Å². The highest BCUT2D eigenvalue weighted by molar-refractivity contribution is 7.09. The lowest BCUT2D eigenvalue weighted by Crippen LogP contribution is -2.51. The van der Waals surface area contributed by atoms with Crippen molar-refractivity contribution in [2.24, 2.45) is 0 Å². The first-order chi connectivity index (χ1) is 11.2. The molecule has 3 rings (SSSR count). The van der Waals surface area contributed by atoms with Gasteiger partial charge in [-0.1, -0.05) is 6.07 Å². The molecule has 0 aliphatic carbocycles. The van der Waals surface area contributed by atoms with Crippen LogP contribution in [0.25, 0.3) is 0 Å². The zero-order valence-electron chi connectivity index (χ0n) is 13.0. The van der Waals surface area contributed by atoms with Crippen LogP contribution in [0.2, 0.25) is 0 Å². The number of aromatic amines is 1. The summed E-state index contributed by atoms with van der Waals surface area (Å²) < 4.78 is 0. The molecule has 1 aliphatic rings. The highest BCUT2D eigenvalue weighted by Gasteiger charge is 2.23. The average Bonchev–Trinajstić information content (AvgIpc) is 3.26. The quantitative estimate of drug-likeness (QED) is 0.910. The first-order valence-electron chi connectivity index (χ1n) is 7.92. The van der Waals surface area contributed by atoms with Gasteiger partial charge in [0.15, 0.2) is 0 Å². The van der Waals surface area contributed by atoms with Crippen molar-refractivity contribution in [2.45, 2.75) is 19.3 Å². The molecule has 1 N–H and O–H groups in total. The number of carbonyl (C=O) groups excluding carboxylic acids is 2. The number of hydrogen-bond donors (Lipinski definition) is 1. The van der Waals surface area contributed by atoms with Gasteiger partial charge in [-0.3, -0.25) is 9.59 Å². The smallest absolute Gasteiger partial charge is 0.227 e. The van der Waals surface area contributed by atoms with E-state index >= 15 is 0 Å². The van der Waals surface area contributed by atoms with Gasteiger partial charge in [0.05, 0.1) is 6.42 Å². The van der Waals surface area contributed by atoms with Crippen LogP contribution in [0.5, 0.6) is 0 Å². The normalized spacial score (nSPS) is 15.0. The third-order valence-corrected chi connectivity index (χ3v) is 5.10. The van der Waals surface area contributed by atoms with Crippen LogP contribution in [-0.4, -0.2) is 52.8 Å². The maximum Gasteiger partial charge on any atom is 0.227 e. The number of H-pyrrole nitrogens is 1. The van der Waals surface area contributed by atoms with Gasteiger partial charge in [-0.15, -0.1) is 11.3 Å². The predicted octanol–water partition coefficient (Wildman–Crippen LogP) is 1.92. The van der Waals surface area contributed by atoms with Crippen LogP contribution in [0.15, 0.2) is 36.0 Å². The van der Waals surface area contributed by atoms with Crippen molar-refractivity contribution in [1.82, 2.24) is 14.8 Å². The second-order valence-electron chi connectivity index (χ2n) is 5.74. The topological polar surface area (TPSA) is 56.4 Å². The number of thiophene rings is 1. The van der Waals surface area contributed by atoms with E-state index in [1.54, 1.807) is 11.3 Å². The Kier molecular flexibility index (Phi) is 5.12. The van der Waals surface area contributed by atoms with Crippen molar-refractivity contribution in [3.05, 3.63) is 46.4 Å². The van der Waals surface area contributed by atoms with Gasteiger partial charge in [-0.05, 0) is 29.5 Å². The van der Waals surface area contributed by atoms with Crippen LogP contribution in [0.4, 0.5) is 0 Å². The summed E-state index contributed by atoms with van der Waals surface area (Å²) in [5.41, 5.74) is 1.00. The molecule has 1 saturated heterocycles. The summed E-state index contributed by atoms with van der Waals surface area (Å²) in [6.07, 6.45) is 5.46. The lowest BCUT2D eigenvalue weighted by Gasteiger charge is -2.35. The minimum atomic E-state index is 0.135. The molecule has 0 unspecified atom stereocenters. The number of nitrogens with zero attached hydrogens (tertiary/aromatic N) is 2. The number of aryl methyl sites for hydroxylation is 1. The molecule has 0 bridgehead atoms. The first kappa shape index (κ1) is 15.8. The number of aromatic nitrogens is 1. The maximum absolute atomic E-state index is 12.2. The van der Waals surface area contributed by atoms with Crippen LogP contribution in [0, 0.1) is 0 Å². The van der Waals surface area contributed by atoms with Gasteiger partial charge in [0.25, 0.3) is 0 Å². The van der Waals surface area contributed by atoms with E-state index in [2.05, 4.69) is 11.1 Å². The minimum Gasteiger partial charge on any atom is -0.367 e. The fourth-order valence-corrected chi connectivity index (χ4v) is 3.51. The number of amides is 2. The average molecular weight is 331 g/mol. The molecule has 2 amide bonds. The Labute approximate surface area is 139 Å². The third-order valence-electron chi connectivity index (χ3n) is 4.17. The van der Waals surface area contributed by atoms with Gasteiger partial charge in [-0.2, -0.15) is 0 Å². The number of nitrogens with one attached hydrogen (secondary N) is 1. The van der Waals surface area contributed by atoms with Crippen LogP contribution in [-0.2, 0) is 22.4 Å². The molecule has 6 heteroatoms. The summed E-state index contributed by atoms with van der Waals surface area (Å²) in [7, 11) is 0. The Bertz CT molecular complexity index is 629. The SMILES string of the molecule is O=C(CCc1cccs1)N1CCN(C(=O)Cc2cc[nH]c2)CC1. The van der Waals surface area contributed by atoms with Gasteiger partial charge in [0, 0.05) is 49.9 Å². The van der Waals surface area contributed by atoms with E-state index in [0.29, 0.717) is 39.0 Å². The summed E-state index contributed by atoms with van der Waals surface area (Å²) in [6, 6.07) is 6.00. The Balaban J connectivity index is 1.42. The molecule has 3 heterocycles. The van der Waals surface area contributed by atoms with E-state index < -0.39 is 0 Å². The molecule has 1 aliphatic heterocycles. The van der Waals surface area contributed by atoms with Crippen LogP contribution < -0.4 is 0 Å². The number of rotatable bonds is 5. The fraction of sp³-hybridized carbons (Fsp3) is 0.412. The van der Waals surface area contributed by atoms with Gasteiger partial charge in [-0.25, -0.2) is 0 Å². The van der Waals surface area contributed by atoms with E-state index in [1.165, 1.54) is 4.88 Å². The monoisotopic (exact) mass is 331 g/mol. The molecule has 1 fully saturated rings. The van der Waals surface area contributed by atoms with Crippen molar-refractivity contribution in [1.29, 1.82) is 0 Å². The summed E-state index contributed by atoms with van der Waals surface area (Å²) in [5, 5.41) is 2.04. The molecule has 23 heavy (non-hydrogen) atoms. The molecule has 0 aromatic carbocycles. The molecule has 0 radical (unpaired) electrons. The lowest BCUT2D eigenvalue weighted by atomic mass is 10.2. The molecule has 5 nitrogen and oxygen atoms in total. The van der Waals surface area contributed by atoms with E-state index in [-0.39, 0.29) is 11.8 Å². The Morgan fingerprint density at radius 3 is 2.43 bits per heavy atom. The van der Waals surface area contributed by atoms with Gasteiger partial charge >= 0.3 is 0 Å². The van der Waals surface area contributed by atoms with Gasteiger partial charge in [0.1, 0.15) is 0 Å². The summed E-state index contributed by atoms with van der Waals surface area (Å²) in [6.45, 7) is 2.55. The molecule has 2 aromatic rings. The fourth-order valence-electron chi connectivity index (χ4n) is 2.80. The summed E-state index contributed by atoms with van der Waals surface area (Å²) >= 11 is 1.69. The Morgan fingerprint density at radius 2 is 1.83 bits per heavy atom. The summed E-state index contributed by atoms with van der Waals surface area (Å²) in [4.78, 5) is 32.4. The lowest BCUT2D eigenvalue weighted by molar-refractivity contribution is -0.139. The second kappa shape index (κ2) is 7.46. The Morgan fingerprint density at radius 1 is 1.09 bits per heavy atom. The second-order valence-corrected chi connectivity index (χ2v) is 6.77. The third kappa shape index (κ3) is 4.22. The standard InChI is InChI=1S/C17H21N3O2S/c21-16(4-3-15-2-1-11-23-15)19-7-9-20(10-8-19)17(22)12-14-5-6-18-13-14/h1-2,5-6,11,13,18H,3-4,7-10,12H2. The van der Waals surface area contributed by atoms with Crippen LogP contribution in [0.3, 0.4) is 0 Å². The number of hydrogen-bond acceptors (Lipinski definition) is 3. The molecule has 0 saturated carbocycles. The maximum atomic E-state index is 12.2. The van der Waals surface area contributed by atoms with Crippen molar-refractivity contribution in [3.8, 4) is 0 Å². The molecule has 2 aromatic heterocycles. The largest absolute Gasteiger partial charge is 0.367 e. The van der Waals surface area contributed by atoms with Crippen molar-refractivity contribution >= 4 is 23.2 Å². The minimum absolute atomic E-state index is 0.135. The molecule has 122 valence electrons. The molecular formula is C17H21N3O2S. The van der Waals surface area contributed by atoms with Crippen LogP contribution >= 0.6 is 11.3 Å².